The molecule has 0 bridgehead atoms. The van der Waals surface area contributed by atoms with Crippen LogP contribution in [-0.4, -0.2) is 15.0 Å². The first-order valence-corrected chi connectivity index (χ1v) is 2.90. The van der Waals surface area contributed by atoms with E-state index in [0.717, 1.165) is 5.52 Å². The van der Waals surface area contributed by atoms with Crippen molar-refractivity contribution in [2.24, 2.45) is 0 Å². The Morgan fingerprint density at radius 3 is 3.20 bits per heavy atom. The first-order valence-electron chi connectivity index (χ1n) is 2.90. The molecule has 0 N–H and O–H groups in total. The minimum Gasteiger partial charge on any atom is -0.241 e. The van der Waals surface area contributed by atoms with Gasteiger partial charge < -0.3 is 0 Å². The summed E-state index contributed by atoms with van der Waals surface area (Å²) in [5.74, 6) is 0. The third-order valence-electron chi connectivity index (χ3n) is 1.20. The van der Waals surface area contributed by atoms with Gasteiger partial charge in [0.2, 0.25) is 0 Å². The second kappa shape index (κ2) is 2.02. The minimum atomic E-state index is 0.668. The molecule has 3 heteroatoms. The Morgan fingerprint density at radius 2 is 2.30 bits per heavy atom. The molecule has 2 rings (SSSR count). The van der Waals surface area contributed by atoms with Gasteiger partial charge in [-0.2, -0.15) is 0 Å². The van der Waals surface area contributed by atoms with E-state index in [1.54, 1.807) is 6.20 Å². The van der Waals surface area contributed by atoms with Crippen LogP contribution in [0.2, 0.25) is 0 Å². The van der Waals surface area contributed by atoms with E-state index in [4.69, 9.17) is 0 Å². The zero-order valence-electron chi connectivity index (χ0n) is 5.15. The first-order chi connectivity index (χ1) is 4.97. The maximum absolute atomic E-state index is 3.99. The predicted molar refractivity (Wildman–Crippen MR) is 36.2 cm³/mol. The second-order valence-corrected chi connectivity index (χ2v) is 1.85. The summed E-state index contributed by atoms with van der Waals surface area (Å²) in [5, 5.41) is 0. The maximum Gasteiger partial charge on any atom is 0.178 e. The predicted octanol–water partition coefficient (Wildman–Crippen LogP) is 0.825. The minimum absolute atomic E-state index is 0.668. The van der Waals surface area contributed by atoms with Crippen molar-refractivity contribution in [3.05, 3.63) is 30.7 Å². The van der Waals surface area contributed by atoms with E-state index < -0.39 is 0 Å². The molecule has 3 nitrogen and oxygen atoms in total. The number of rotatable bonds is 0. The van der Waals surface area contributed by atoms with Crippen LogP contribution in [0.15, 0.2) is 24.5 Å². The second-order valence-electron chi connectivity index (χ2n) is 1.85. The number of aromatic nitrogens is 3. The van der Waals surface area contributed by atoms with Gasteiger partial charge >= 0.3 is 0 Å². The van der Waals surface area contributed by atoms with Gasteiger partial charge in [0.1, 0.15) is 11.7 Å². The van der Waals surface area contributed by atoms with Gasteiger partial charge in [-0.1, -0.05) is 0 Å². The van der Waals surface area contributed by atoms with E-state index in [1.165, 1.54) is 6.20 Å². The highest BCUT2D eigenvalue weighted by Crippen LogP contribution is 2.00. The van der Waals surface area contributed by atoms with Gasteiger partial charge in [0, 0.05) is 6.20 Å². The van der Waals surface area contributed by atoms with Crippen LogP contribution < -0.4 is 0 Å². The van der Waals surface area contributed by atoms with E-state index >= 15 is 0 Å². The van der Waals surface area contributed by atoms with Crippen LogP contribution in [0.5, 0.6) is 0 Å². The SMILES string of the molecule is [c]1cnc2ncccc2n1. The van der Waals surface area contributed by atoms with Crippen molar-refractivity contribution in [1.82, 2.24) is 15.0 Å². The fourth-order valence-electron chi connectivity index (χ4n) is 0.764. The molecule has 0 atom stereocenters. The average Bonchev–Trinajstić information content (AvgIpc) is 2.05. The van der Waals surface area contributed by atoms with Gasteiger partial charge in [0.15, 0.2) is 5.65 Å². The Balaban J connectivity index is 2.89. The third-order valence-corrected chi connectivity index (χ3v) is 1.20. The zero-order chi connectivity index (χ0) is 6.81. The van der Waals surface area contributed by atoms with E-state index in [9.17, 15) is 0 Å². The third kappa shape index (κ3) is 0.719. The van der Waals surface area contributed by atoms with E-state index in [0.29, 0.717) is 5.65 Å². The Morgan fingerprint density at radius 1 is 1.30 bits per heavy atom. The number of hydrogen-bond donors (Lipinski definition) is 0. The largest absolute Gasteiger partial charge is 0.241 e. The maximum atomic E-state index is 3.99. The quantitative estimate of drug-likeness (QED) is 0.530. The van der Waals surface area contributed by atoms with Crippen LogP contribution in [-0.2, 0) is 0 Å². The highest BCUT2D eigenvalue weighted by molar-refractivity contribution is 5.67. The molecule has 10 heavy (non-hydrogen) atoms. The van der Waals surface area contributed by atoms with Crippen LogP contribution in [0.25, 0.3) is 11.2 Å². The van der Waals surface area contributed by atoms with Crippen molar-refractivity contribution < 1.29 is 0 Å². The van der Waals surface area contributed by atoms with Crippen LogP contribution in [0.4, 0.5) is 0 Å². The summed E-state index contributed by atoms with van der Waals surface area (Å²) in [6.07, 6.45) is 5.83. The number of fused-ring (bicyclic) bond motifs is 1. The summed E-state index contributed by atoms with van der Waals surface area (Å²) in [6, 6.07) is 3.68. The molecule has 0 aliphatic heterocycles. The fraction of sp³-hybridized carbons (Fsp3) is 0. The molecule has 0 saturated carbocycles. The molecule has 0 aromatic carbocycles. The molecule has 0 unspecified atom stereocenters. The van der Waals surface area contributed by atoms with Gasteiger partial charge in [-0.25, -0.2) is 15.0 Å². The van der Waals surface area contributed by atoms with Crippen LogP contribution in [0.3, 0.4) is 0 Å². The van der Waals surface area contributed by atoms with Gasteiger partial charge in [-0.3, -0.25) is 0 Å². The van der Waals surface area contributed by atoms with Gasteiger partial charge in [0.25, 0.3) is 0 Å². The summed E-state index contributed by atoms with van der Waals surface area (Å²) in [4.78, 5) is 11.9. The number of pyridine rings is 1. The standard InChI is InChI=1S/C7H4N3/c1-2-6-7(9-3-1)10-5-4-8-6/h1-3,5H. The summed E-state index contributed by atoms with van der Waals surface area (Å²) in [6.45, 7) is 0. The fourth-order valence-corrected chi connectivity index (χ4v) is 0.764. The van der Waals surface area contributed by atoms with Gasteiger partial charge in [-0.05, 0) is 12.1 Å². The molecule has 1 radical (unpaired) electrons. The lowest BCUT2D eigenvalue weighted by molar-refractivity contribution is 1.21. The van der Waals surface area contributed by atoms with Crippen molar-refractivity contribution in [2.75, 3.05) is 0 Å². The zero-order valence-corrected chi connectivity index (χ0v) is 5.15. The molecule has 0 spiro atoms. The molecule has 0 aliphatic rings. The number of nitrogens with zero attached hydrogens (tertiary/aromatic N) is 3. The number of hydrogen-bond acceptors (Lipinski definition) is 3. The molecular formula is C7H4N3. The van der Waals surface area contributed by atoms with E-state index in [2.05, 4.69) is 21.1 Å². The summed E-state index contributed by atoms with van der Waals surface area (Å²) in [5.41, 5.74) is 1.45. The van der Waals surface area contributed by atoms with E-state index in [-0.39, 0.29) is 0 Å². The monoisotopic (exact) mass is 130 g/mol. The van der Waals surface area contributed by atoms with Gasteiger partial charge in [-0.15, -0.1) is 0 Å². The Hall–Kier alpha value is -1.51. The van der Waals surface area contributed by atoms with Crippen LogP contribution in [0, 0.1) is 6.20 Å². The molecule has 2 aromatic heterocycles. The molecule has 2 heterocycles. The Labute approximate surface area is 57.8 Å². The molecule has 47 valence electrons. The van der Waals surface area contributed by atoms with Crippen LogP contribution in [0.1, 0.15) is 0 Å². The summed E-state index contributed by atoms with van der Waals surface area (Å²) >= 11 is 0. The van der Waals surface area contributed by atoms with Crippen molar-refractivity contribution >= 4 is 11.2 Å². The molecule has 2 aromatic rings. The normalized spacial score (nSPS) is 10.0. The lowest BCUT2D eigenvalue weighted by atomic mass is 10.4. The lowest BCUT2D eigenvalue weighted by Crippen LogP contribution is -1.83. The Bertz CT molecular complexity index is 280. The summed E-state index contributed by atoms with van der Waals surface area (Å²) < 4.78 is 0. The summed E-state index contributed by atoms with van der Waals surface area (Å²) in [7, 11) is 0. The molecule has 0 amide bonds. The van der Waals surface area contributed by atoms with Crippen molar-refractivity contribution in [1.29, 1.82) is 0 Å². The van der Waals surface area contributed by atoms with Crippen molar-refractivity contribution in [3.8, 4) is 0 Å². The Kier molecular flexibility index (Phi) is 1.07. The van der Waals surface area contributed by atoms with E-state index in [1.807, 2.05) is 12.1 Å². The molecule has 0 fully saturated rings. The van der Waals surface area contributed by atoms with Gasteiger partial charge in [0.05, 0.1) is 6.20 Å². The smallest absolute Gasteiger partial charge is 0.178 e. The van der Waals surface area contributed by atoms with Crippen molar-refractivity contribution in [3.63, 3.8) is 0 Å². The highest BCUT2D eigenvalue weighted by Gasteiger charge is 1.90. The molecule has 0 saturated heterocycles. The lowest BCUT2D eigenvalue weighted by Gasteiger charge is -1.89. The topological polar surface area (TPSA) is 38.7 Å². The molecule has 0 aliphatic carbocycles. The first kappa shape index (κ1) is 5.29. The van der Waals surface area contributed by atoms with Crippen molar-refractivity contribution in [2.45, 2.75) is 0 Å². The highest BCUT2D eigenvalue weighted by atomic mass is 14.9. The average molecular weight is 130 g/mol. The molecular weight excluding hydrogens is 126 g/mol. The van der Waals surface area contributed by atoms with Crippen LogP contribution >= 0.6 is 0 Å².